The summed E-state index contributed by atoms with van der Waals surface area (Å²) in [7, 11) is 0. The number of amides is 1. The van der Waals surface area contributed by atoms with Gasteiger partial charge in [-0.1, -0.05) is 42.8 Å². The van der Waals surface area contributed by atoms with Gasteiger partial charge in [-0.15, -0.1) is 0 Å². The maximum absolute atomic E-state index is 14.9. The number of hydrogen-bond acceptors (Lipinski definition) is 6. The molecule has 0 saturated carbocycles. The van der Waals surface area contributed by atoms with Crippen molar-refractivity contribution in [2.45, 2.75) is 44.6 Å². The van der Waals surface area contributed by atoms with Crippen LogP contribution in [0.15, 0.2) is 66.7 Å². The number of nitrogens with one attached hydrogen (secondary N) is 1. The predicted molar refractivity (Wildman–Crippen MR) is 153 cm³/mol. The minimum Gasteiger partial charge on any atom is -0.508 e. The second kappa shape index (κ2) is 12.2. The number of halogens is 1. The Kier molecular flexibility index (Phi) is 8.49. The average Bonchev–Trinajstić information content (AvgIpc) is 2.98. The van der Waals surface area contributed by atoms with Crippen LogP contribution in [0.2, 0.25) is 0 Å². The highest BCUT2D eigenvalue weighted by atomic mass is 19.1. The van der Waals surface area contributed by atoms with E-state index in [0.717, 1.165) is 25.8 Å². The first kappa shape index (κ1) is 28.5. The van der Waals surface area contributed by atoms with Crippen molar-refractivity contribution >= 4 is 17.5 Å². The Bertz CT molecular complexity index is 1380. The van der Waals surface area contributed by atoms with Gasteiger partial charge in [0, 0.05) is 54.4 Å². The SMILES string of the molecule is Cc1c(F)cccc1C1[C@@H](C(=O)c2cccc(O)c2)CN(C(=O)CC2CCCCN2)C[C@@H]1C(=O)c1cccc(O)c1. The monoisotopic (exact) mass is 558 g/mol. The third-order valence-corrected chi connectivity index (χ3v) is 8.49. The lowest BCUT2D eigenvalue weighted by Gasteiger charge is -2.44. The Morgan fingerprint density at radius 3 is 2.00 bits per heavy atom. The van der Waals surface area contributed by atoms with Crippen LogP contribution in [0.1, 0.15) is 63.4 Å². The van der Waals surface area contributed by atoms with Crippen LogP contribution >= 0.6 is 0 Å². The van der Waals surface area contributed by atoms with Crippen molar-refractivity contribution in [3.8, 4) is 11.5 Å². The topological polar surface area (TPSA) is 107 Å². The lowest BCUT2D eigenvalue weighted by atomic mass is 9.67. The summed E-state index contributed by atoms with van der Waals surface area (Å²) in [6.07, 6.45) is 3.22. The van der Waals surface area contributed by atoms with Crippen molar-refractivity contribution in [3.05, 3.63) is 94.8 Å². The lowest BCUT2D eigenvalue weighted by Crippen LogP contribution is -2.53. The summed E-state index contributed by atoms with van der Waals surface area (Å²) in [5, 5.41) is 23.6. The van der Waals surface area contributed by atoms with Crippen molar-refractivity contribution in [2.75, 3.05) is 19.6 Å². The van der Waals surface area contributed by atoms with Crippen LogP contribution in [0.5, 0.6) is 11.5 Å². The molecule has 1 unspecified atom stereocenters. The quantitative estimate of drug-likeness (QED) is 0.353. The molecule has 2 heterocycles. The number of ketones is 2. The standard InChI is InChI=1S/C33H35FN2O5/c1-20-26(12-6-13-29(20)34)31-27(32(40)21-7-4-10-24(37)15-21)18-36(30(39)17-23-9-2-3-14-35-23)19-28(31)33(41)22-8-5-11-25(38)16-22/h4-8,10-13,15-16,23,27-28,31,35,37-38H,2-3,9,14,17-19H2,1H3/t23?,27-,28-/m0/s1. The molecular formula is C33H35FN2O5. The van der Waals surface area contributed by atoms with E-state index in [-0.39, 0.29) is 65.7 Å². The fraction of sp³-hybridized carbons (Fsp3) is 0.364. The Morgan fingerprint density at radius 1 is 0.878 bits per heavy atom. The molecule has 3 aromatic rings. The number of piperidine rings is 2. The predicted octanol–water partition coefficient (Wildman–Crippen LogP) is 5.00. The maximum Gasteiger partial charge on any atom is 0.224 e. The first-order chi connectivity index (χ1) is 19.7. The third kappa shape index (κ3) is 6.17. The largest absolute Gasteiger partial charge is 0.508 e. The van der Waals surface area contributed by atoms with E-state index >= 15 is 0 Å². The van der Waals surface area contributed by atoms with Crippen LogP contribution in [0.25, 0.3) is 0 Å². The summed E-state index contributed by atoms with van der Waals surface area (Å²) < 4.78 is 14.9. The van der Waals surface area contributed by atoms with Crippen molar-refractivity contribution < 1.29 is 29.0 Å². The summed E-state index contributed by atoms with van der Waals surface area (Å²) in [5.74, 6) is -3.91. The Labute approximate surface area is 239 Å². The van der Waals surface area contributed by atoms with E-state index < -0.39 is 23.6 Å². The smallest absolute Gasteiger partial charge is 0.224 e. The van der Waals surface area contributed by atoms with Gasteiger partial charge in [-0.2, -0.15) is 0 Å². The third-order valence-electron chi connectivity index (χ3n) is 8.49. The van der Waals surface area contributed by atoms with Gasteiger partial charge in [-0.05, 0) is 67.8 Å². The highest BCUT2D eigenvalue weighted by Gasteiger charge is 2.46. The minimum absolute atomic E-state index is 0.0277. The van der Waals surface area contributed by atoms with Gasteiger partial charge < -0.3 is 20.4 Å². The molecule has 0 radical (unpaired) electrons. The molecule has 3 aromatic carbocycles. The molecule has 41 heavy (non-hydrogen) atoms. The first-order valence-electron chi connectivity index (χ1n) is 14.2. The number of phenols is 2. The zero-order valence-electron chi connectivity index (χ0n) is 23.1. The molecule has 2 aliphatic heterocycles. The molecule has 8 heteroatoms. The number of Topliss-reactive ketones (excluding diaryl/α,β-unsaturated/α-hetero) is 2. The molecular weight excluding hydrogens is 523 g/mol. The van der Waals surface area contributed by atoms with Gasteiger partial charge in [0.15, 0.2) is 11.6 Å². The number of phenolic OH excluding ortho intramolecular Hbond substituents is 2. The van der Waals surface area contributed by atoms with Gasteiger partial charge >= 0.3 is 0 Å². The molecule has 5 rings (SSSR count). The van der Waals surface area contributed by atoms with Gasteiger partial charge in [0.1, 0.15) is 17.3 Å². The number of aromatic hydroxyl groups is 2. The van der Waals surface area contributed by atoms with E-state index in [2.05, 4.69) is 5.32 Å². The number of carbonyl (C=O) groups is 3. The highest BCUT2D eigenvalue weighted by molar-refractivity contribution is 6.03. The molecule has 0 aliphatic carbocycles. The molecule has 1 amide bonds. The second-order valence-electron chi connectivity index (χ2n) is 11.2. The molecule has 0 bridgehead atoms. The molecule has 2 aliphatic rings. The van der Waals surface area contributed by atoms with Gasteiger partial charge in [-0.3, -0.25) is 14.4 Å². The van der Waals surface area contributed by atoms with E-state index in [4.69, 9.17) is 0 Å². The summed E-state index contributed by atoms with van der Waals surface area (Å²) in [6, 6.07) is 16.7. The van der Waals surface area contributed by atoms with E-state index in [1.54, 1.807) is 48.2 Å². The Hall–Kier alpha value is -4.04. The zero-order valence-corrected chi connectivity index (χ0v) is 23.1. The Morgan fingerprint density at radius 2 is 1.46 bits per heavy atom. The highest BCUT2D eigenvalue weighted by Crippen LogP contribution is 2.43. The van der Waals surface area contributed by atoms with Crippen LogP contribution in [0.4, 0.5) is 4.39 Å². The number of likely N-dealkylation sites (tertiary alicyclic amines) is 1. The molecule has 7 nitrogen and oxygen atoms in total. The van der Waals surface area contributed by atoms with Crippen molar-refractivity contribution in [1.29, 1.82) is 0 Å². The normalized spacial score (nSPS) is 21.4. The molecule has 0 spiro atoms. The second-order valence-corrected chi connectivity index (χ2v) is 11.2. The molecule has 3 N–H and O–H groups in total. The summed E-state index contributed by atoms with van der Waals surface area (Å²) in [6.45, 7) is 2.59. The van der Waals surface area contributed by atoms with Gasteiger partial charge in [0.05, 0.1) is 0 Å². The van der Waals surface area contributed by atoms with Gasteiger partial charge in [-0.25, -0.2) is 4.39 Å². The molecule has 2 saturated heterocycles. The number of rotatable bonds is 7. The summed E-state index contributed by atoms with van der Waals surface area (Å²) >= 11 is 0. The van der Waals surface area contributed by atoms with E-state index in [9.17, 15) is 29.0 Å². The maximum atomic E-state index is 14.9. The van der Waals surface area contributed by atoms with Crippen LogP contribution in [0.3, 0.4) is 0 Å². The van der Waals surface area contributed by atoms with Gasteiger partial charge in [0.25, 0.3) is 0 Å². The molecule has 0 aromatic heterocycles. The van der Waals surface area contributed by atoms with Crippen molar-refractivity contribution in [1.82, 2.24) is 10.2 Å². The lowest BCUT2D eigenvalue weighted by molar-refractivity contribution is -0.134. The number of hydrogen-bond donors (Lipinski definition) is 3. The van der Waals surface area contributed by atoms with Crippen LogP contribution in [-0.4, -0.2) is 58.3 Å². The summed E-state index contributed by atoms with van der Waals surface area (Å²) in [5.41, 5.74) is 1.37. The zero-order chi connectivity index (χ0) is 29.1. The van der Waals surface area contributed by atoms with Crippen LogP contribution in [-0.2, 0) is 4.79 Å². The van der Waals surface area contributed by atoms with E-state index in [1.807, 2.05) is 0 Å². The van der Waals surface area contributed by atoms with Crippen LogP contribution in [0, 0.1) is 24.6 Å². The van der Waals surface area contributed by atoms with Gasteiger partial charge in [0.2, 0.25) is 5.91 Å². The fourth-order valence-electron chi connectivity index (χ4n) is 6.36. The number of benzene rings is 3. The fourth-order valence-corrected chi connectivity index (χ4v) is 6.36. The van der Waals surface area contributed by atoms with Crippen molar-refractivity contribution in [3.63, 3.8) is 0 Å². The average molecular weight is 559 g/mol. The molecule has 214 valence electrons. The van der Waals surface area contributed by atoms with E-state index in [1.165, 1.54) is 30.3 Å². The molecule has 3 atom stereocenters. The van der Waals surface area contributed by atoms with Crippen molar-refractivity contribution in [2.24, 2.45) is 11.8 Å². The van der Waals surface area contributed by atoms with Crippen LogP contribution < -0.4 is 5.32 Å². The minimum atomic E-state index is -0.874. The first-order valence-corrected chi connectivity index (χ1v) is 14.2. The molecule has 2 fully saturated rings. The number of nitrogens with zero attached hydrogens (tertiary/aromatic N) is 1. The summed E-state index contributed by atoms with van der Waals surface area (Å²) in [4.78, 5) is 43.6. The number of carbonyl (C=O) groups excluding carboxylic acids is 3. The van der Waals surface area contributed by atoms with E-state index in [0.29, 0.717) is 11.1 Å². The Balaban J connectivity index is 1.60.